The van der Waals surface area contributed by atoms with Crippen molar-refractivity contribution in [1.29, 1.82) is 0 Å². The second-order valence-corrected chi connectivity index (χ2v) is 19.9. The van der Waals surface area contributed by atoms with Crippen molar-refractivity contribution in [3.05, 3.63) is 187 Å². The van der Waals surface area contributed by atoms with E-state index in [9.17, 15) is 0 Å². The van der Waals surface area contributed by atoms with E-state index in [0.29, 0.717) is 0 Å². The molecule has 3 heterocycles. The average molecular weight is 810 g/mol. The molecule has 0 saturated heterocycles. The maximum Gasteiger partial charge on any atom is 0.0561 e. The summed E-state index contributed by atoms with van der Waals surface area (Å²) in [6.45, 7) is 13.9. The van der Waals surface area contributed by atoms with Crippen LogP contribution in [0.25, 0.3) is 115 Å². The molecule has 302 valence electrons. The fourth-order valence-electron chi connectivity index (χ4n) is 10.9. The molecule has 10 aromatic carbocycles. The van der Waals surface area contributed by atoms with Crippen molar-refractivity contribution in [3.63, 3.8) is 0 Å². The van der Waals surface area contributed by atoms with Gasteiger partial charge in [-0.2, -0.15) is 0 Å². The molecule has 0 atom stereocenters. The molecule has 0 spiro atoms. The number of para-hydroxylation sites is 2. The van der Waals surface area contributed by atoms with Crippen LogP contribution in [0.4, 0.5) is 0 Å². The van der Waals surface area contributed by atoms with Gasteiger partial charge in [-0.15, -0.1) is 0 Å². The number of fused-ring (bicyclic) bond motifs is 9. The molecular formula is C60H47N3. The molecule has 0 aliphatic rings. The molecule has 13 aromatic rings. The van der Waals surface area contributed by atoms with Crippen LogP contribution in [-0.2, 0) is 10.8 Å². The number of hydrogen-bond acceptors (Lipinski definition) is 0. The standard InChI is InChI=1S/C60H47N3/c1-59(2,3)40-22-28-53-49(32-40)50-33-41(60(4,5)6)23-29-54(50)62(53)43-25-27-48-47-26-24-42(61-51-16-9-7-14-45(51)46-15-8-10-17-52(46)61)34-55(47)63(56(48)35-43)44-30-38-20-18-36-12-11-13-37-19-21-39(31-44)58(38)57(36)37/h7-35H,1-6H3. The van der Waals surface area contributed by atoms with Gasteiger partial charge in [0.2, 0.25) is 0 Å². The zero-order valence-electron chi connectivity index (χ0n) is 36.6. The molecule has 3 aromatic heterocycles. The average Bonchev–Trinajstić information content (AvgIpc) is 3.92. The van der Waals surface area contributed by atoms with Crippen molar-refractivity contribution in [2.45, 2.75) is 52.4 Å². The van der Waals surface area contributed by atoms with Crippen molar-refractivity contribution in [3.8, 4) is 17.1 Å². The van der Waals surface area contributed by atoms with E-state index in [1.807, 2.05) is 0 Å². The van der Waals surface area contributed by atoms with Gasteiger partial charge in [-0.3, -0.25) is 0 Å². The summed E-state index contributed by atoms with van der Waals surface area (Å²) in [7, 11) is 0. The van der Waals surface area contributed by atoms with Crippen LogP contribution in [0, 0.1) is 0 Å². The van der Waals surface area contributed by atoms with Gasteiger partial charge in [-0.1, -0.05) is 145 Å². The molecule has 0 N–H and O–H groups in total. The van der Waals surface area contributed by atoms with Crippen LogP contribution in [0.3, 0.4) is 0 Å². The number of rotatable bonds is 3. The molecule has 0 bridgehead atoms. The highest BCUT2D eigenvalue weighted by Gasteiger charge is 2.23. The van der Waals surface area contributed by atoms with Crippen LogP contribution in [0.5, 0.6) is 0 Å². The van der Waals surface area contributed by atoms with Gasteiger partial charge in [-0.25, -0.2) is 0 Å². The monoisotopic (exact) mass is 809 g/mol. The SMILES string of the molecule is CC(C)(C)c1ccc2c(c1)c1cc(C(C)(C)C)ccc1n2-c1ccc2c3ccc(-n4c5ccccc5c5ccccc54)cc3n(-c3cc4ccc5cccc6ccc(c3)c4c56)c2c1. The second-order valence-electron chi connectivity index (χ2n) is 19.9. The first kappa shape index (κ1) is 36.3. The number of benzene rings is 10. The normalized spacial score (nSPS) is 12.9. The molecule has 0 fully saturated rings. The van der Waals surface area contributed by atoms with Gasteiger partial charge >= 0.3 is 0 Å². The lowest BCUT2D eigenvalue weighted by atomic mass is 9.85. The van der Waals surface area contributed by atoms with Crippen molar-refractivity contribution in [1.82, 2.24) is 13.7 Å². The largest absolute Gasteiger partial charge is 0.309 e. The second kappa shape index (κ2) is 12.6. The molecular weight excluding hydrogens is 763 g/mol. The molecule has 0 aliphatic heterocycles. The van der Waals surface area contributed by atoms with E-state index in [2.05, 4.69) is 231 Å². The number of aromatic nitrogens is 3. The summed E-state index contributed by atoms with van der Waals surface area (Å²) in [5, 5.41) is 15.3. The zero-order valence-corrected chi connectivity index (χ0v) is 36.6. The van der Waals surface area contributed by atoms with Crippen LogP contribution in [0.15, 0.2) is 176 Å². The Morgan fingerprint density at radius 2 is 0.667 bits per heavy atom. The summed E-state index contributed by atoms with van der Waals surface area (Å²) in [5.41, 5.74) is 13.4. The Morgan fingerprint density at radius 1 is 0.270 bits per heavy atom. The third-order valence-electron chi connectivity index (χ3n) is 14.0. The van der Waals surface area contributed by atoms with E-state index in [-0.39, 0.29) is 10.8 Å². The Balaban J connectivity index is 1.13. The lowest BCUT2D eigenvalue weighted by Crippen LogP contribution is -2.10. The van der Waals surface area contributed by atoms with Crippen molar-refractivity contribution >= 4 is 97.7 Å². The topological polar surface area (TPSA) is 14.8 Å². The first-order valence-corrected chi connectivity index (χ1v) is 22.3. The van der Waals surface area contributed by atoms with E-state index in [1.54, 1.807) is 0 Å². The fourth-order valence-corrected chi connectivity index (χ4v) is 10.9. The van der Waals surface area contributed by atoms with Gasteiger partial charge in [0.25, 0.3) is 0 Å². The molecule has 63 heavy (non-hydrogen) atoms. The Bertz CT molecular complexity index is 3850. The van der Waals surface area contributed by atoms with Crippen LogP contribution in [0.2, 0.25) is 0 Å². The highest BCUT2D eigenvalue weighted by Crippen LogP contribution is 2.43. The van der Waals surface area contributed by atoms with Crippen LogP contribution in [0.1, 0.15) is 52.7 Å². The van der Waals surface area contributed by atoms with Crippen molar-refractivity contribution in [2.24, 2.45) is 0 Å². The summed E-state index contributed by atoms with van der Waals surface area (Å²) in [5.74, 6) is 0. The Hall–Kier alpha value is -7.36. The van der Waals surface area contributed by atoms with Gasteiger partial charge in [0.05, 0.1) is 33.1 Å². The fraction of sp³-hybridized carbons (Fsp3) is 0.133. The maximum absolute atomic E-state index is 2.53. The Kier molecular flexibility index (Phi) is 7.27. The van der Waals surface area contributed by atoms with E-state index >= 15 is 0 Å². The lowest BCUT2D eigenvalue weighted by molar-refractivity contribution is 0.590. The molecule has 0 radical (unpaired) electrons. The zero-order chi connectivity index (χ0) is 42.5. The minimum absolute atomic E-state index is 0.0321. The minimum atomic E-state index is 0.0321. The minimum Gasteiger partial charge on any atom is -0.309 e. The summed E-state index contributed by atoms with van der Waals surface area (Å²) in [4.78, 5) is 0. The van der Waals surface area contributed by atoms with Gasteiger partial charge < -0.3 is 13.7 Å². The van der Waals surface area contributed by atoms with Gasteiger partial charge in [-0.05, 0) is 127 Å². The summed E-state index contributed by atoms with van der Waals surface area (Å²) >= 11 is 0. The molecule has 0 unspecified atom stereocenters. The third-order valence-corrected chi connectivity index (χ3v) is 14.0. The van der Waals surface area contributed by atoms with Crippen LogP contribution >= 0.6 is 0 Å². The van der Waals surface area contributed by atoms with Crippen LogP contribution < -0.4 is 0 Å². The number of hydrogen-bond donors (Lipinski definition) is 0. The number of nitrogens with zero attached hydrogens (tertiary/aromatic N) is 3. The van der Waals surface area contributed by atoms with E-state index < -0.39 is 0 Å². The quantitative estimate of drug-likeness (QED) is 0.158. The van der Waals surface area contributed by atoms with Crippen LogP contribution in [-0.4, -0.2) is 13.7 Å². The highest BCUT2D eigenvalue weighted by atomic mass is 15.0. The van der Waals surface area contributed by atoms with E-state index in [4.69, 9.17) is 0 Å². The van der Waals surface area contributed by atoms with Gasteiger partial charge in [0, 0.05) is 49.4 Å². The maximum atomic E-state index is 2.53. The molecule has 13 rings (SSSR count). The molecule has 0 saturated carbocycles. The predicted octanol–water partition coefficient (Wildman–Crippen LogP) is 16.5. The van der Waals surface area contributed by atoms with Crippen molar-refractivity contribution < 1.29 is 0 Å². The lowest BCUT2D eigenvalue weighted by Gasteiger charge is -2.19. The van der Waals surface area contributed by atoms with Gasteiger partial charge in [0.1, 0.15) is 0 Å². The first-order chi connectivity index (χ1) is 30.5. The Morgan fingerprint density at radius 3 is 1.14 bits per heavy atom. The van der Waals surface area contributed by atoms with E-state index in [0.717, 1.165) is 17.1 Å². The highest BCUT2D eigenvalue weighted by molar-refractivity contribution is 6.24. The summed E-state index contributed by atoms with van der Waals surface area (Å²) in [6.07, 6.45) is 0. The predicted molar refractivity (Wildman–Crippen MR) is 271 cm³/mol. The molecule has 3 heteroatoms. The third kappa shape index (κ3) is 5.20. The van der Waals surface area contributed by atoms with Crippen molar-refractivity contribution in [2.75, 3.05) is 0 Å². The van der Waals surface area contributed by atoms with E-state index in [1.165, 1.54) is 109 Å². The first-order valence-electron chi connectivity index (χ1n) is 22.3. The molecule has 3 nitrogen and oxygen atoms in total. The summed E-state index contributed by atoms with van der Waals surface area (Å²) < 4.78 is 7.46. The molecule has 0 amide bonds. The Labute approximate surface area is 366 Å². The van der Waals surface area contributed by atoms with Gasteiger partial charge in [0.15, 0.2) is 0 Å². The molecule has 0 aliphatic carbocycles. The summed E-state index contributed by atoms with van der Waals surface area (Å²) in [6, 6.07) is 66.7. The smallest absolute Gasteiger partial charge is 0.0561 e.